The third-order valence-electron chi connectivity index (χ3n) is 2.28. The second-order valence-electron chi connectivity index (χ2n) is 3.32. The van der Waals surface area contributed by atoms with Crippen molar-refractivity contribution in [3.05, 3.63) is 0 Å². The maximum absolute atomic E-state index is 11.4. The van der Waals surface area contributed by atoms with Crippen LogP contribution in [0, 0.1) is 0 Å². The van der Waals surface area contributed by atoms with Gasteiger partial charge in [0.15, 0.2) is 0 Å². The summed E-state index contributed by atoms with van der Waals surface area (Å²) in [6, 6.07) is 0.236. The lowest BCUT2D eigenvalue weighted by Crippen LogP contribution is -2.39. The van der Waals surface area contributed by atoms with E-state index in [1.807, 2.05) is 18.9 Å². The predicted molar refractivity (Wildman–Crippen MR) is 47.9 cm³/mol. The van der Waals surface area contributed by atoms with Gasteiger partial charge in [0.05, 0.1) is 0 Å². The predicted octanol–water partition coefficient (Wildman–Crippen LogP) is 0.0911. The van der Waals surface area contributed by atoms with Gasteiger partial charge in [0.2, 0.25) is 0 Å². The molecule has 1 aliphatic heterocycles. The Morgan fingerprint density at radius 2 is 2.25 bits per heavy atom. The summed E-state index contributed by atoms with van der Waals surface area (Å²) in [7, 11) is 1.82. The summed E-state index contributed by atoms with van der Waals surface area (Å²) in [6.45, 7) is 4.38. The van der Waals surface area contributed by atoms with Gasteiger partial charge in [0.1, 0.15) is 0 Å². The Kier molecular flexibility index (Phi) is 2.92. The molecule has 1 rings (SSSR count). The maximum atomic E-state index is 11.4. The number of carbonyl (C=O) groups is 1. The lowest BCUT2D eigenvalue weighted by Gasteiger charge is -2.19. The summed E-state index contributed by atoms with van der Waals surface area (Å²) in [5.74, 6) is 0. The molecular weight excluding hydrogens is 154 g/mol. The standard InChI is InChI=1S/C8H17N3O/c1-3-7(9)6-11-5-4-10(2)8(11)12/h7H,3-6,9H2,1-2H3. The van der Waals surface area contributed by atoms with Crippen LogP contribution in [0.25, 0.3) is 0 Å². The van der Waals surface area contributed by atoms with Crippen molar-refractivity contribution in [1.29, 1.82) is 0 Å². The largest absolute Gasteiger partial charge is 0.326 e. The molecule has 0 aliphatic carbocycles. The molecule has 2 amide bonds. The Bertz CT molecular complexity index is 172. The van der Waals surface area contributed by atoms with Crippen molar-refractivity contribution < 1.29 is 4.79 Å². The first kappa shape index (κ1) is 9.32. The molecule has 1 aliphatic rings. The third-order valence-corrected chi connectivity index (χ3v) is 2.28. The summed E-state index contributed by atoms with van der Waals surface area (Å²) >= 11 is 0. The highest BCUT2D eigenvalue weighted by Crippen LogP contribution is 2.06. The van der Waals surface area contributed by atoms with Crippen LogP contribution < -0.4 is 5.73 Å². The summed E-state index contributed by atoms with van der Waals surface area (Å²) < 4.78 is 0. The molecule has 4 heteroatoms. The van der Waals surface area contributed by atoms with Crippen molar-refractivity contribution >= 4 is 6.03 Å². The molecule has 1 atom stereocenters. The van der Waals surface area contributed by atoms with Crippen molar-refractivity contribution in [2.24, 2.45) is 5.73 Å². The van der Waals surface area contributed by atoms with E-state index in [2.05, 4.69) is 0 Å². The average Bonchev–Trinajstić information content (AvgIpc) is 2.36. The minimum atomic E-state index is 0.110. The quantitative estimate of drug-likeness (QED) is 0.654. The van der Waals surface area contributed by atoms with Gasteiger partial charge >= 0.3 is 6.03 Å². The van der Waals surface area contributed by atoms with Gasteiger partial charge in [-0.15, -0.1) is 0 Å². The summed E-state index contributed by atoms with van der Waals surface area (Å²) in [6.07, 6.45) is 0.924. The number of nitrogens with two attached hydrogens (primary N) is 1. The fraction of sp³-hybridized carbons (Fsp3) is 0.875. The highest BCUT2D eigenvalue weighted by atomic mass is 16.2. The Balaban J connectivity index is 2.39. The molecule has 12 heavy (non-hydrogen) atoms. The van der Waals surface area contributed by atoms with E-state index in [0.29, 0.717) is 6.54 Å². The third kappa shape index (κ3) is 1.88. The average molecular weight is 171 g/mol. The van der Waals surface area contributed by atoms with Gasteiger partial charge in [0.25, 0.3) is 0 Å². The highest BCUT2D eigenvalue weighted by molar-refractivity contribution is 5.76. The van der Waals surface area contributed by atoms with E-state index in [0.717, 1.165) is 19.5 Å². The summed E-state index contributed by atoms with van der Waals surface area (Å²) in [5.41, 5.74) is 5.75. The number of hydrogen-bond donors (Lipinski definition) is 1. The number of nitrogens with zero attached hydrogens (tertiary/aromatic N) is 2. The number of urea groups is 1. The van der Waals surface area contributed by atoms with Crippen molar-refractivity contribution in [2.75, 3.05) is 26.7 Å². The first-order valence-electron chi connectivity index (χ1n) is 4.40. The van der Waals surface area contributed by atoms with Crippen LogP contribution in [0.5, 0.6) is 0 Å². The van der Waals surface area contributed by atoms with Crippen LogP contribution in [0.2, 0.25) is 0 Å². The van der Waals surface area contributed by atoms with Gasteiger partial charge in [0, 0.05) is 32.7 Å². The van der Waals surface area contributed by atoms with Gasteiger partial charge in [-0.1, -0.05) is 6.92 Å². The fourth-order valence-electron chi connectivity index (χ4n) is 1.28. The summed E-state index contributed by atoms with van der Waals surface area (Å²) in [4.78, 5) is 14.9. The first-order valence-corrected chi connectivity index (χ1v) is 4.40. The molecule has 0 saturated carbocycles. The molecule has 1 saturated heterocycles. The molecule has 1 unspecified atom stereocenters. The van der Waals surface area contributed by atoms with E-state index in [4.69, 9.17) is 5.73 Å². The minimum Gasteiger partial charge on any atom is -0.326 e. The SMILES string of the molecule is CCC(N)CN1CCN(C)C1=O. The molecule has 0 spiro atoms. The summed E-state index contributed by atoms with van der Waals surface area (Å²) in [5, 5.41) is 0. The van der Waals surface area contributed by atoms with Gasteiger partial charge < -0.3 is 15.5 Å². The molecule has 70 valence electrons. The van der Waals surface area contributed by atoms with Crippen molar-refractivity contribution in [3.63, 3.8) is 0 Å². The number of amides is 2. The van der Waals surface area contributed by atoms with E-state index in [9.17, 15) is 4.79 Å². The van der Waals surface area contributed by atoms with Gasteiger partial charge in [-0.2, -0.15) is 0 Å². The first-order chi connectivity index (χ1) is 5.65. The smallest absolute Gasteiger partial charge is 0.319 e. The van der Waals surface area contributed by atoms with Crippen LogP contribution in [0.4, 0.5) is 4.79 Å². The Labute approximate surface area is 73.3 Å². The Morgan fingerprint density at radius 1 is 1.58 bits per heavy atom. The minimum absolute atomic E-state index is 0.110. The molecule has 2 N–H and O–H groups in total. The lowest BCUT2D eigenvalue weighted by molar-refractivity contribution is 0.196. The molecule has 0 aromatic carbocycles. The number of rotatable bonds is 3. The molecule has 4 nitrogen and oxygen atoms in total. The number of carbonyl (C=O) groups excluding carboxylic acids is 1. The zero-order valence-electron chi connectivity index (χ0n) is 7.79. The molecule has 1 heterocycles. The highest BCUT2D eigenvalue weighted by Gasteiger charge is 2.25. The van der Waals surface area contributed by atoms with E-state index in [1.165, 1.54) is 0 Å². The fourth-order valence-corrected chi connectivity index (χ4v) is 1.28. The second-order valence-corrected chi connectivity index (χ2v) is 3.32. The van der Waals surface area contributed by atoms with Crippen molar-refractivity contribution in [2.45, 2.75) is 19.4 Å². The van der Waals surface area contributed by atoms with Crippen LogP contribution in [-0.4, -0.2) is 48.6 Å². The zero-order chi connectivity index (χ0) is 9.14. The van der Waals surface area contributed by atoms with Crippen LogP contribution in [-0.2, 0) is 0 Å². The molecular formula is C8H17N3O. The van der Waals surface area contributed by atoms with E-state index < -0.39 is 0 Å². The van der Waals surface area contributed by atoms with Crippen LogP contribution in [0.1, 0.15) is 13.3 Å². The monoisotopic (exact) mass is 171 g/mol. The van der Waals surface area contributed by atoms with Crippen molar-refractivity contribution in [1.82, 2.24) is 9.80 Å². The topological polar surface area (TPSA) is 49.6 Å². The lowest BCUT2D eigenvalue weighted by atomic mass is 10.2. The Morgan fingerprint density at radius 3 is 2.67 bits per heavy atom. The van der Waals surface area contributed by atoms with Gasteiger partial charge in [-0.25, -0.2) is 4.79 Å². The second kappa shape index (κ2) is 3.76. The number of hydrogen-bond acceptors (Lipinski definition) is 2. The van der Waals surface area contributed by atoms with E-state index >= 15 is 0 Å². The van der Waals surface area contributed by atoms with E-state index in [-0.39, 0.29) is 12.1 Å². The molecule has 0 bridgehead atoms. The van der Waals surface area contributed by atoms with Gasteiger partial charge in [-0.05, 0) is 6.42 Å². The molecule has 0 radical (unpaired) electrons. The van der Waals surface area contributed by atoms with Gasteiger partial charge in [-0.3, -0.25) is 0 Å². The molecule has 0 aromatic rings. The molecule has 1 fully saturated rings. The van der Waals surface area contributed by atoms with Crippen molar-refractivity contribution in [3.8, 4) is 0 Å². The Hall–Kier alpha value is -0.770. The van der Waals surface area contributed by atoms with Crippen LogP contribution >= 0.6 is 0 Å². The van der Waals surface area contributed by atoms with Crippen LogP contribution in [0.3, 0.4) is 0 Å². The zero-order valence-corrected chi connectivity index (χ0v) is 7.79. The molecule has 0 aromatic heterocycles. The van der Waals surface area contributed by atoms with Crippen LogP contribution in [0.15, 0.2) is 0 Å². The number of likely N-dealkylation sites (N-methyl/N-ethyl adjacent to an activating group) is 1. The maximum Gasteiger partial charge on any atom is 0.319 e. The van der Waals surface area contributed by atoms with E-state index in [1.54, 1.807) is 4.90 Å². The normalized spacial score (nSPS) is 20.4.